The van der Waals surface area contributed by atoms with Gasteiger partial charge in [-0.3, -0.25) is 4.99 Å². The van der Waals surface area contributed by atoms with E-state index in [1.165, 1.54) is 0 Å². The van der Waals surface area contributed by atoms with E-state index in [4.69, 9.17) is 11.6 Å². The van der Waals surface area contributed by atoms with E-state index >= 15 is 0 Å². The smallest absolute Gasteiger partial charge is 0.0771 e. The third kappa shape index (κ3) is 3.41. The molecule has 0 N–H and O–H groups in total. The van der Waals surface area contributed by atoms with Crippen molar-refractivity contribution in [3.05, 3.63) is 81.0 Å². The summed E-state index contributed by atoms with van der Waals surface area (Å²) in [6, 6.07) is 17.9. The third-order valence-corrected chi connectivity index (χ3v) is 4.64. The lowest BCUT2D eigenvalue weighted by Crippen LogP contribution is -1.99. The fourth-order valence-electron chi connectivity index (χ4n) is 2.63. The van der Waals surface area contributed by atoms with Gasteiger partial charge in [0, 0.05) is 38.3 Å². The Morgan fingerprint density at radius 2 is 1.83 bits per heavy atom. The molecule has 0 atom stereocenters. The van der Waals surface area contributed by atoms with E-state index in [1.807, 2.05) is 48.7 Å². The van der Waals surface area contributed by atoms with Crippen LogP contribution in [0.3, 0.4) is 0 Å². The molecule has 2 aromatic carbocycles. The molecule has 3 rings (SSSR count). The van der Waals surface area contributed by atoms with Gasteiger partial charge in [-0.05, 0) is 66.2 Å². The molecular formula is C19H16BrClN2. The van der Waals surface area contributed by atoms with E-state index in [0.29, 0.717) is 0 Å². The Balaban J connectivity index is 2.00. The molecule has 0 aliphatic heterocycles. The molecule has 0 amide bonds. The molecular weight excluding hydrogens is 372 g/mol. The molecule has 0 radical (unpaired) electrons. The number of hydrogen-bond acceptors (Lipinski definition) is 1. The van der Waals surface area contributed by atoms with Crippen LogP contribution < -0.4 is 0 Å². The second kappa shape index (κ2) is 6.73. The zero-order valence-electron chi connectivity index (χ0n) is 12.9. The highest BCUT2D eigenvalue weighted by atomic mass is 79.9. The van der Waals surface area contributed by atoms with Crippen LogP contribution in [0.25, 0.3) is 5.69 Å². The first-order valence-electron chi connectivity index (χ1n) is 7.30. The van der Waals surface area contributed by atoms with Gasteiger partial charge in [0.1, 0.15) is 0 Å². The summed E-state index contributed by atoms with van der Waals surface area (Å²) >= 11 is 9.64. The minimum atomic E-state index is 0.735. The van der Waals surface area contributed by atoms with Crippen molar-refractivity contribution in [1.29, 1.82) is 0 Å². The second-order valence-corrected chi connectivity index (χ2v) is 6.64. The highest BCUT2D eigenvalue weighted by molar-refractivity contribution is 9.10. The first-order chi connectivity index (χ1) is 11.1. The number of aromatic nitrogens is 1. The Hall–Kier alpha value is -1.84. The highest BCUT2D eigenvalue weighted by Gasteiger charge is 2.09. The molecule has 4 heteroatoms. The van der Waals surface area contributed by atoms with Crippen LogP contribution in [0.1, 0.15) is 17.0 Å². The number of benzene rings is 2. The summed E-state index contributed by atoms with van der Waals surface area (Å²) in [5.74, 6) is 0. The molecule has 116 valence electrons. The van der Waals surface area contributed by atoms with Gasteiger partial charge in [0.15, 0.2) is 0 Å². The van der Waals surface area contributed by atoms with Gasteiger partial charge in [-0.2, -0.15) is 0 Å². The minimum absolute atomic E-state index is 0.735. The Bertz CT molecular complexity index is 881. The van der Waals surface area contributed by atoms with E-state index in [2.05, 4.69) is 51.5 Å². The maximum Gasteiger partial charge on any atom is 0.0771 e. The molecule has 3 aromatic rings. The summed E-state index contributed by atoms with van der Waals surface area (Å²) < 4.78 is 3.17. The number of para-hydroxylation sites is 1. The molecule has 0 fully saturated rings. The van der Waals surface area contributed by atoms with Crippen molar-refractivity contribution < 1.29 is 0 Å². The van der Waals surface area contributed by atoms with Crippen LogP contribution in [0.5, 0.6) is 0 Å². The molecule has 0 aliphatic rings. The zero-order valence-corrected chi connectivity index (χ0v) is 15.3. The molecule has 0 aliphatic carbocycles. The second-order valence-electron chi connectivity index (χ2n) is 5.35. The third-order valence-electron chi connectivity index (χ3n) is 3.73. The highest BCUT2D eigenvalue weighted by Crippen LogP contribution is 2.26. The molecule has 0 spiro atoms. The largest absolute Gasteiger partial charge is 0.318 e. The number of hydrogen-bond donors (Lipinski definition) is 0. The summed E-state index contributed by atoms with van der Waals surface area (Å²) in [7, 11) is 0. The van der Waals surface area contributed by atoms with Crippen molar-refractivity contribution in [2.45, 2.75) is 13.8 Å². The van der Waals surface area contributed by atoms with Crippen LogP contribution >= 0.6 is 27.5 Å². The van der Waals surface area contributed by atoms with Gasteiger partial charge in [0.2, 0.25) is 0 Å². The number of halogens is 2. The number of nitrogens with zero attached hydrogens (tertiary/aromatic N) is 2. The first-order valence-corrected chi connectivity index (χ1v) is 8.47. The van der Waals surface area contributed by atoms with Gasteiger partial charge in [-0.15, -0.1) is 0 Å². The first kappa shape index (κ1) is 16.0. The van der Waals surface area contributed by atoms with Crippen LogP contribution in [0.4, 0.5) is 5.69 Å². The average molecular weight is 388 g/mol. The van der Waals surface area contributed by atoms with Crippen molar-refractivity contribution in [3.8, 4) is 5.69 Å². The Morgan fingerprint density at radius 3 is 2.57 bits per heavy atom. The molecule has 1 aromatic heterocycles. The van der Waals surface area contributed by atoms with Gasteiger partial charge >= 0.3 is 0 Å². The number of aliphatic imine (C=N–C) groups is 1. The lowest BCUT2D eigenvalue weighted by Gasteiger charge is -2.09. The number of aryl methyl sites for hydroxylation is 1. The Kier molecular flexibility index (Phi) is 4.69. The van der Waals surface area contributed by atoms with E-state index in [0.717, 1.165) is 37.8 Å². The molecule has 23 heavy (non-hydrogen) atoms. The fraction of sp³-hybridized carbons (Fsp3) is 0.105. The van der Waals surface area contributed by atoms with Gasteiger partial charge in [-0.25, -0.2) is 0 Å². The summed E-state index contributed by atoms with van der Waals surface area (Å²) in [4.78, 5) is 4.59. The lowest BCUT2D eigenvalue weighted by molar-refractivity contribution is 0.965. The summed E-state index contributed by atoms with van der Waals surface area (Å²) in [5.41, 5.74) is 5.37. The van der Waals surface area contributed by atoms with Gasteiger partial charge in [0.25, 0.3) is 0 Å². The van der Waals surface area contributed by atoms with Gasteiger partial charge < -0.3 is 4.57 Å². The van der Waals surface area contributed by atoms with Crippen molar-refractivity contribution in [3.63, 3.8) is 0 Å². The van der Waals surface area contributed by atoms with Gasteiger partial charge in [0.05, 0.1) is 5.69 Å². The predicted molar refractivity (Wildman–Crippen MR) is 102 cm³/mol. The molecule has 0 saturated carbocycles. The maximum atomic E-state index is 6.12. The molecule has 2 nitrogen and oxygen atoms in total. The standard InChI is InChI=1S/C19H16BrClN2/c1-13-10-15(12-22-19-9-4-3-8-18(19)20)14(2)23(13)17-7-5-6-16(21)11-17/h3-12H,1-2H3. The topological polar surface area (TPSA) is 17.3 Å². The maximum absolute atomic E-state index is 6.12. The van der Waals surface area contributed by atoms with E-state index in [1.54, 1.807) is 0 Å². The molecule has 0 unspecified atom stereocenters. The molecule has 1 heterocycles. The Labute approximate surface area is 149 Å². The van der Waals surface area contributed by atoms with Crippen LogP contribution in [0, 0.1) is 13.8 Å². The van der Waals surface area contributed by atoms with Crippen molar-refractivity contribution in [2.24, 2.45) is 4.99 Å². The fourth-order valence-corrected chi connectivity index (χ4v) is 3.20. The van der Waals surface area contributed by atoms with Crippen LogP contribution in [0.2, 0.25) is 5.02 Å². The van der Waals surface area contributed by atoms with Crippen molar-refractivity contribution in [1.82, 2.24) is 4.57 Å². The van der Waals surface area contributed by atoms with Crippen LogP contribution in [-0.2, 0) is 0 Å². The summed E-state index contributed by atoms with van der Waals surface area (Å²) in [6.07, 6.45) is 1.91. The van der Waals surface area contributed by atoms with Crippen molar-refractivity contribution >= 4 is 39.4 Å². The Morgan fingerprint density at radius 1 is 1.04 bits per heavy atom. The van der Waals surface area contributed by atoms with Crippen LogP contribution in [-0.4, -0.2) is 10.8 Å². The monoisotopic (exact) mass is 386 g/mol. The van der Waals surface area contributed by atoms with E-state index in [-0.39, 0.29) is 0 Å². The summed E-state index contributed by atoms with van der Waals surface area (Å²) in [6.45, 7) is 4.18. The van der Waals surface area contributed by atoms with Gasteiger partial charge in [-0.1, -0.05) is 29.8 Å². The SMILES string of the molecule is Cc1cc(C=Nc2ccccc2Br)c(C)n1-c1cccc(Cl)c1. The molecule has 0 saturated heterocycles. The lowest BCUT2D eigenvalue weighted by atomic mass is 10.2. The zero-order chi connectivity index (χ0) is 16.4. The van der Waals surface area contributed by atoms with E-state index < -0.39 is 0 Å². The minimum Gasteiger partial charge on any atom is -0.318 e. The normalized spacial score (nSPS) is 11.3. The van der Waals surface area contributed by atoms with Crippen LogP contribution in [0.15, 0.2) is 64.1 Å². The molecule has 0 bridgehead atoms. The van der Waals surface area contributed by atoms with Crippen molar-refractivity contribution in [2.75, 3.05) is 0 Å². The van der Waals surface area contributed by atoms with E-state index in [9.17, 15) is 0 Å². The predicted octanol–water partition coefficient (Wildman–Crippen LogP) is 6.26. The average Bonchev–Trinajstić information content (AvgIpc) is 2.81. The number of rotatable bonds is 3. The quantitative estimate of drug-likeness (QED) is 0.472. The summed E-state index contributed by atoms with van der Waals surface area (Å²) in [5, 5.41) is 0.735.